The van der Waals surface area contributed by atoms with Crippen LogP contribution < -0.4 is 0 Å². The number of hydrogen-bond donors (Lipinski definition) is 0. The maximum absolute atomic E-state index is 5.69. The third-order valence-electron chi connectivity index (χ3n) is 7.19. The second kappa shape index (κ2) is 26.8. The molecule has 0 aliphatic carbocycles. The van der Waals surface area contributed by atoms with Crippen molar-refractivity contribution in [2.45, 2.75) is 169 Å². The van der Waals surface area contributed by atoms with E-state index in [9.17, 15) is 0 Å². The normalized spacial score (nSPS) is 12.9. The molecule has 2 nitrogen and oxygen atoms in total. The summed E-state index contributed by atoms with van der Waals surface area (Å²) in [7, 11) is 0. The second-order valence-corrected chi connectivity index (χ2v) is 11.6. The summed E-state index contributed by atoms with van der Waals surface area (Å²) in [6.45, 7) is 9.06. The maximum atomic E-state index is 5.69. The van der Waals surface area contributed by atoms with Crippen molar-refractivity contribution in [2.24, 2.45) is 11.8 Å². The van der Waals surface area contributed by atoms with Gasteiger partial charge in [0.1, 0.15) is 0 Å². The fraction of sp³-hybridized carbons (Fsp3) is 0.935. The van der Waals surface area contributed by atoms with E-state index in [-0.39, 0.29) is 6.79 Å². The molecule has 35 heavy (non-hydrogen) atoms. The molecule has 0 radical (unpaired) electrons. The van der Waals surface area contributed by atoms with Gasteiger partial charge in [-0.3, -0.25) is 0 Å². The summed E-state index contributed by atoms with van der Waals surface area (Å²) in [6, 6.07) is 0. The van der Waals surface area contributed by atoms with Crippen LogP contribution in [0, 0.1) is 11.8 Å². The average molecular weight is 529 g/mol. The molecular formula is C31H60O2S2. The van der Waals surface area contributed by atoms with Crippen LogP contribution in [0.1, 0.15) is 169 Å². The number of hydrogen-bond acceptors (Lipinski definition) is 4. The molecule has 0 aliphatic heterocycles. The standard InChI is InChI=1S/C31H60O2S2/c1-5-7-9-11-13-15-17-19-21-23-25-28(3)30(34)32-27-33-31(35)29(4)26-24-22-20-18-16-14-12-10-8-6-2/h28-29H,5-27H2,1-4H3. The highest BCUT2D eigenvalue weighted by Crippen LogP contribution is 2.17. The molecule has 0 amide bonds. The zero-order valence-corrected chi connectivity index (χ0v) is 25.7. The Balaban J connectivity index is 3.58. The largest absolute Gasteiger partial charge is 0.451 e. The number of ether oxygens (including phenoxy) is 2. The van der Waals surface area contributed by atoms with Gasteiger partial charge in [-0.2, -0.15) is 0 Å². The van der Waals surface area contributed by atoms with E-state index in [2.05, 4.69) is 27.7 Å². The van der Waals surface area contributed by atoms with Crippen LogP contribution in [0.4, 0.5) is 0 Å². The van der Waals surface area contributed by atoms with Crippen molar-refractivity contribution in [3.63, 3.8) is 0 Å². The van der Waals surface area contributed by atoms with Gasteiger partial charge in [-0.1, -0.05) is 156 Å². The fourth-order valence-corrected chi connectivity index (χ4v) is 4.87. The summed E-state index contributed by atoms with van der Waals surface area (Å²) in [5.41, 5.74) is 0. The number of thiocarbonyl (C=S) groups is 2. The SMILES string of the molecule is CCCCCCCCCCCCC(C)C(=S)OCOC(=S)C(C)CCCCCCCCCCCC. The first-order valence-corrected chi connectivity index (χ1v) is 16.2. The lowest BCUT2D eigenvalue weighted by atomic mass is 10.0. The Labute approximate surface area is 231 Å². The van der Waals surface area contributed by atoms with Crippen molar-refractivity contribution < 1.29 is 9.47 Å². The predicted octanol–water partition coefficient (Wildman–Crippen LogP) is 11.5. The minimum Gasteiger partial charge on any atom is -0.451 e. The summed E-state index contributed by atoms with van der Waals surface area (Å²) in [5, 5.41) is 1.34. The zero-order chi connectivity index (χ0) is 26.0. The van der Waals surface area contributed by atoms with E-state index in [1.807, 2.05) is 0 Å². The average Bonchev–Trinajstić information content (AvgIpc) is 2.85. The maximum Gasteiger partial charge on any atom is 0.232 e. The summed E-state index contributed by atoms with van der Waals surface area (Å²) >= 11 is 10.9. The van der Waals surface area contributed by atoms with E-state index in [1.54, 1.807) is 0 Å². The van der Waals surface area contributed by atoms with Crippen LogP contribution in [0.5, 0.6) is 0 Å². The molecule has 2 unspecified atom stereocenters. The van der Waals surface area contributed by atoms with Gasteiger partial charge in [-0.05, 0) is 37.3 Å². The lowest BCUT2D eigenvalue weighted by molar-refractivity contribution is 0.0924. The van der Waals surface area contributed by atoms with Gasteiger partial charge >= 0.3 is 0 Å². The van der Waals surface area contributed by atoms with E-state index >= 15 is 0 Å². The second-order valence-electron chi connectivity index (χ2n) is 10.8. The van der Waals surface area contributed by atoms with Crippen molar-refractivity contribution in [1.82, 2.24) is 0 Å². The Morgan fingerprint density at radius 3 is 1.00 bits per heavy atom. The Kier molecular flexibility index (Phi) is 26.7. The van der Waals surface area contributed by atoms with Crippen LogP contribution >= 0.6 is 24.4 Å². The van der Waals surface area contributed by atoms with Gasteiger partial charge in [0.25, 0.3) is 0 Å². The van der Waals surface area contributed by atoms with Crippen molar-refractivity contribution in [3.8, 4) is 0 Å². The van der Waals surface area contributed by atoms with E-state index in [0.29, 0.717) is 21.9 Å². The predicted molar refractivity (Wildman–Crippen MR) is 163 cm³/mol. The van der Waals surface area contributed by atoms with Gasteiger partial charge in [-0.25, -0.2) is 0 Å². The molecule has 4 heteroatoms. The minimum absolute atomic E-state index is 0.169. The first-order valence-electron chi connectivity index (χ1n) is 15.4. The van der Waals surface area contributed by atoms with Gasteiger partial charge in [0.15, 0.2) is 10.1 Å². The molecule has 0 bridgehead atoms. The lowest BCUT2D eigenvalue weighted by Crippen LogP contribution is -2.19. The lowest BCUT2D eigenvalue weighted by Gasteiger charge is -2.17. The molecule has 0 saturated heterocycles. The molecule has 2 atom stereocenters. The van der Waals surface area contributed by atoms with Crippen LogP contribution in [-0.4, -0.2) is 16.9 Å². The molecule has 0 aliphatic rings. The third-order valence-corrected chi connectivity index (χ3v) is 8.23. The van der Waals surface area contributed by atoms with Crippen LogP contribution in [0.15, 0.2) is 0 Å². The van der Waals surface area contributed by atoms with Gasteiger partial charge < -0.3 is 9.47 Å². The first-order chi connectivity index (χ1) is 17.0. The van der Waals surface area contributed by atoms with Crippen LogP contribution in [0.2, 0.25) is 0 Å². The highest BCUT2D eigenvalue weighted by Gasteiger charge is 2.13. The van der Waals surface area contributed by atoms with Crippen molar-refractivity contribution >= 4 is 34.5 Å². The summed E-state index contributed by atoms with van der Waals surface area (Å²) in [5.74, 6) is 0.612. The molecule has 0 heterocycles. The number of unbranched alkanes of at least 4 members (excludes halogenated alkanes) is 18. The Morgan fingerprint density at radius 2 is 0.714 bits per heavy atom. The summed E-state index contributed by atoms with van der Waals surface area (Å²) in [6.07, 6.45) is 29.5. The highest BCUT2D eigenvalue weighted by atomic mass is 32.1. The van der Waals surface area contributed by atoms with Gasteiger partial charge in [0.05, 0.1) is 0 Å². The molecule has 0 aromatic rings. The van der Waals surface area contributed by atoms with Crippen LogP contribution in [0.3, 0.4) is 0 Å². The van der Waals surface area contributed by atoms with Crippen LogP contribution in [-0.2, 0) is 9.47 Å². The molecular weight excluding hydrogens is 468 g/mol. The number of rotatable bonds is 26. The Bertz CT molecular complexity index is 439. The molecule has 0 rings (SSSR count). The quantitative estimate of drug-likeness (QED) is 0.0631. The zero-order valence-electron chi connectivity index (χ0n) is 24.1. The molecule has 0 spiro atoms. The smallest absolute Gasteiger partial charge is 0.232 e. The molecule has 208 valence electrons. The molecule has 0 aromatic carbocycles. The van der Waals surface area contributed by atoms with E-state index in [0.717, 1.165) is 12.8 Å². The van der Waals surface area contributed by atoms with Crippen molar-refractivity contribution in [1.29, 1.82) is 0 Å². The fourth-order valence-electron chi connectivity index (χ4n) is 4.54. The van der Waals surface area contributed by atoms with Crippen LogP contribution in [0.25, 0.3) is 0 Å². The third kappa shape index (κ3) is 23.9. The highest BCUT2D eigenvalue weighted by molar-refractivity contribution is 7.80. The summed E-state index contributed by atoms with van der Waals surface area (Å²) in [4.78, 5) is 0. The molecule has 0 aromatic heterocycles. The Hall–Kier alpha value is -0.220. The van der Waals surface area contributed by atoms with E-state index in [4.69, 9.17) is 33.9 Å². The monoisotopic (exact) mass is 528 g/mol. The molecule has 0 fully saturated rings. The van der Waals surface area contributed by atoms with Gasteiger partial charge in [-0.15, -0.1) is 0 Å². The van der Waals surface area contributed by atoms with Crippen molar-refractivity contribution in [2.75, 3.05) is 6.79 Å². The van der Waals surface area contributed by atoms with Crippen molar-refractivity contribution in [3.05, 3.63) is 0 Å². The van der Waals surface area contributed by atoms with Gasteiger partial charge in [0, 0.05) is 11.8 Å². The minimum atomic E-state index is 0.169. The van der Waals surface area contributed by atoms with Gasteiger partial charge in [0.2, 0.25) is 6.79 Å². The van der Waals surface area contributed by atoms with E-state index in [1.165, 1.54) is 128 Å². The topological polar surface area (TPSA) is 18.5 Å². The first kappa shape index (κ1) is 34.8. The molecule has 0 saturated carbocycles. The molecule has 0 N–H and O–H groups in total. The Morgan fingerprint density at radius 1 is 0.457 bits per heavy atom. The van der Waals surface area contributed by atoms with E-state index < -0.39 is 0 Å². The summed E-state index contributed by atoms with van der Waals surface area (Å²) < 4.78 is 11.4.